The topological polar surface area (TPSA) is 9.23 Å². The molecule has 0 spiro atoms. The first-order chi connectivity index (χ1) is 9.69. The summed E-state index contributed by atoms with van der Waals surface area (Å²) in [7, 11) is 0. The van der Waals surface area contributed by atoms with Crippen molar-refractivity contribution in [3.8, 4) is 17.6 Å². The molecule has 0 fully saturated rings. The molecular weight excluding hydrogens is 244 g/mol. The van der Waals surface area contributed by atoms with Crippen LogP contribution < -0.4 is 4.74 Å². The normalized spacial score (nSPS) is 10.0. The summed E-state index contributed by atoms with van der Waals surface area (Å²) in [6.07, 6.45) is 7.74. The maximum absolute atomic E-state index is 5.93. The minimum atomic E-state index is 0.799. The Morgan fingerprint density at radius 2 is 1.60 bits per heavy atom. The lowest BCUT2D eigenvalue weighted by Crippen LogP contribution is -2.00. The van der Waals surface area contributed by atoms with Gasteiger partial charge in [-0.1, -0.05) is 44.9 Å². The van der Waals surface area contributed by atoms with Crippen LogP contribution in [0.1, 0.15) is 69.1 Å². The van der Waals surface area contributed by atoms with E-state index in [2.05, 4.69) is 44.7 Å². The van der Waals surface area contributed by atoms with Crippen LogP contribution in [-0.2, 0) is 0 Å². The van der Waals surface area contributed by atoms with Crippen LogP contribution in [0.3, 0.4) is 0 Å². The van der Waals surface area contributed by atoms with Crippen LogP contribution in [0.4, 0.5) is 0 Å². The fraction of sp³-hybridized carbons (Fsp3) is 0.579. The lowest BCUT2D eigenvalue weighted by atomic mass is 10.1. The van der Waals surface area contributed by atoms with Gasteiger partial charge in [0.15, 0.2) is 0 Å². The minimum absolute atomic E-state index is 0.799. The van der Waals surface area contributed by atoms with Gasteiger partial charge < -0.3 is 4.74 Å². The van der Waals surface area contributed by atoms with Gasteiger partial charge in [0, 0.05) is 0 Å². The van der Waals surface area contributed by atoms with E-state index < -0.39 is 0 Å². The number of aryl methyl sites for hydroxylation is 2. The van der Waals surface area contributed by atoms with Crippen LogP contribution >= 0.6 is 0 Å². The zero-order valence-corrected chi connectivity index (χ0v) is 13.5. The molecule has 1 aromatic carbocycles. The Kier molecular flexibility index (Phi) is 7.88. The molecule has 0 bridgehead atoms. The number of rotatable bonds is 8. The molecule has 1 nitrogen and oxygen atoms in total. The summed E-state index contributed by atoms with van der Waals surface area (Å²) >= 11 is 0. The lowest BCUT2D eigenvalue weighted by molar-refractivity contribution is 0.303. The number of ether oxygens (including phenoxy) is 1. The van der Waals surface area contributed by atoms with Crippen molar-refractivity contribution in [3.05, 3.63) is 28.8 Å². The van der Waals surface area contributed by atoms with Gasteiger partial charge in [-0.15, -0.1) is 5.92 Å². The summed E-state index contributed by atoms with van der Waals surface area (Å²) in [6, 6.07) is 4.24. The third-order valence-corrected chi connectivity index (χ3v) is 3.61. The van der Waals surface area contributed by atoms with Crippen molar-refractivity contribution in [1.29, 1.82) is 0 Å². The molecule has 0 saturated carbocycles. The number of unbranched alkanes of at least 4 members (excludes halogenated alkanes) is 5. The summed E-state index contributed by atoms with van der Waals surface area (Å²) < 4.78 is 5.93. The highest BCUT2D eigenvalue weighted by Gasteiger charge is 2.04. The molecule has 0 saturated heterocycles. The van der Waals surface area contributed by atoms with Gasteiger partial charge in [-0.2, -0.15) is 0 Å². The first-order valence-electron chi connectivity index (χ1n) is 7.85. The highest BCUT2D eigenvalue weighted by Crippen LogP contribution is 2.23. The van der Waals surface area contributed by atoms with Gasteiger partial charge >= 0.3 is 0 Å². The van der Waals surface area contributed by atoms with E-state index in [4.69, 9.17) is 4.74 Å². The van der Waals surface area contributed by atoms with E-state index in [0.717, 1.165) is 24.3 Å². The SMILES string of the molecule is CC#Cc1cc(C)c(C)cc1OCCCCCCCC. The molecule has 0 amide bonds. The van der Waals surface area contributed by atoms with E-state index in [1.165, 1.54) is 43.2 Å². The van der Waals surface area contributed by atoms with Gasteiger partial charge in [-0.25, -0.2) is 0 Å². The molecule has 0 atom stereocenters. The molecule has 0 aliphatic rings. The van der Waals surface area contributed by atoms with Gasteiger partial charge in [0.25, 0.3) is 0 Å². The fourth-order valence-corrected chi connectivity index (χ4v) is 2.21. The summed E-state index contributed by atoms with van der Waals surface area (Å²) in [5, 5.41) is 0. The first-order valence-corrected chi connectivity index (χ1v) is 7.85. The summed E-state index contributed by atoms with van der Waals surface area (Å²) in [6.45, 7) is 9.16. The molecule has 0 aromatic heterocycles. The van der Waals surface area contributed by atoms with E-state index >= 15 is 0 Å². The van der Waals surface area contributed by atoms with Gasteiger partial charge in [-0.05, 0) is 50.5 Å². The van der Waals surface area contributed by atoms with Crippen molar-refractivity contribution in [1.82, 2.24) is 0 Å². The molecule has 1 heteroatoms. The molecule has 0 N–H and O–H groups in total. The van der Waals surface area contributed by atoms with Gasteiger partial charge in [0.2, 0.25) is 0 Å². The molecule has 0 radical (unpaired) electrons. The molecular formula is C19H28O. The van der Waals surface area contributed by atoms with Crippen molar-refractivity contribution in [2.24, 2.45) is 0 Å². The maximum atomic E-state index is 5.93. The van der Waals surface area contributed by atoms with E-state index in [-0.39, 0.29) is 0 Å². The zero-order valence-electron chi connectivity index (χ0n) is 13.5. The van der Waals surface area contributed by atoms with Crippen LogP contribution in [-0.4, -0.2) is 6.61 Å². The Bertz CT molecular complexity index is 463. The fourth-order valence-electron chi connectivity index (χ4n) is 2.21. The second-order valence-electron chi connectivity index (χ2n) is 5.42. The average Bonchev–Trinajstić information content (AvgIpc) is 2.43. The van der Waals surface area contributed by atoms with Gasteiger partial charge in [0.05, 0.1) is 12.2 Å². The van der Waals surface area contributed by atoms with E-state index in [1.54, 1.807) is 0 Å². The highest BCUT2D eigenvalue weighted by atomic mass is 16.5. The van der Waals surface area contributed by atoms with Crippen LogP contribution in [0.25, 0.3) is 0 Å². The largest absolute Gasteiger partial charge is 0.492 e. The smallest absolute Gasteiger partial charge is 0.135 e. The van der Waals surface area contributed by atoms with Crippen molar-refractivity contribution in [3.63, 3.8) is 0 Å². The molecule has 0 unspecified atom stereocenters. The Morgan fingerprint density at radius 3 is 2.30 bits per heavy atom. The van der Waals surface area contributed by atoms with Gasteiger partial charge in [-0.3, -0.25) is 0 Å². The first kappa shape index (κ1) is 16.6. The molecule has 20 heavy (non-hydrogen) atoms. The number of hydrogen-bond donors (Lipinski definition) is 0. The standard InChI is InChI=1S/C19H28O/c1-5-7-8-9-10-11-13-20-19-15-17(4)16(3)14-18(19)12-6-2/h14-15H,5,7-11,13H2,1-4H3. The zero-order chi connectivity index (χ0) is 14.8. The summed E-state index contributed by atoms with van der Waals surface area (Å²) in [5.74, 6) is 7.04. The van der Waals surface area contributed by atoms with Crippen LogP contribution in [0.15, 0.2) is 12.1 Å². The molecule has 110 valence electrons. The summed E-state index contributed by atoms with van der Waals surface area (Å²) in [4.78, 5) is 0. The van der Waals surface area contributed by atoms with Crippen LogP contribution in [0, 0.1) is 25.7 Å². The third kappa shape index (κ3) is 5.70. The Balaban J connectivity index is 2.46. The minimum Gasteiger partial charge on any atom is -0.492 e. The Labute approximate surface area is 124 Å². The van der Waals surface area contributed by atoms with E-state index in [9.17, 15) is 0 Å². The molecule has 0 heterocycles. The van der Waals surface area contributed by atoms with Crippen LogP contribution in [0.5, 0.6) is 5.75 Å². The third-order valence-electron chi connectivity index (χ3n) is 3.61. The second-order valence-corrected chi connectivity index (χ2v) is 5.42. The molecule has 0 aliphatic heterocycles. The quantitative estimate of drug-likeness (QED) is 0.454. The lowest BCUT2D eigenvalue weighted by Gasteiger charge is -2.11. The van der Waals surface area contributed by atoms with Crippen molar-refractivity contribution < 1.29 is 4.74 Å². The average molecular weight is 272 g/mol. The van der Waals surface area contributed by atoms with E-state index in [0.29, 0.717) is 0 Å². The number of benzene rings is 1. The predicted octanol–water partition coefficient (Wildman–Crippen LogP) is 5.41. The Hall–Kier alpha value is -1.42. The maximum Gasteiger partial charge on any atom is 0.135 e. The van der Waals surface area contributed by atoms with Crippen molar-refractivity contribution in [2.45, 2.75) is 66.2 Å². The molecule has 0 aliphatic carbocycles. The summed E-state index contributed by atoms with van der Waals surface area (Å²) in [5.41, 5.74) is 3.56. The Morgan fingerprint density at radius 1 is 0.950 bits per heavy atom. The monoisotopic (exact) mass is 272 g/mol. The number of hydrogen-bond acceptors (Lipinski definition) is 1. The van der Waals surface area contributed by atoms with Crippen molar-refractivity contribution >= 4 is 0 Å². The second kappa shape index (κ2) is 9.48. The predicted molar refractivity (Wildman–Crippen MR) is 87.3 cm³/mol. The molecule has 1 rings (SSSR count). The van der Waals surface area contributed by atoms with Crippen LogP contribution in [0.2, 0.25) is 0 Å². The van der Waals surface area contributed by atoms with Crippen molar-refractivity contribution in [2.75, 3.05) is 6.61 Å². The molecule has 1 aromatic rings. The van der Waals surface area contributed by atoms with E-state index in [1.807, 2.05) is 6.92 Å². The van der Waals surface area contributed by atoms with Gasteiger partial charge in [0.1, 0.15) is 5.75 Å². The highest BCUT2D eigenvalue weighted by molar-refractivity contribution is 5.50.